The van der Waals surface area contributed by atoms with Crippen LogP contribution in [-0.4, -0.2) is 10.8 Å². The Morgan fingerprint density at radius 3 is 2.74 bits per heavy atom. The van der Waals surface area contributed by atoms with E-state index >= 15 is 0 Å². The van der Waals surface area contributed by atoms with Gasteiger partial charge in [0.2, 0.25) is 5.78 Å². The minimum Gasteiger partial charge on any atom is -0.447 e. The molecular weight excluding hydrogens is 424 g/mol. The number of ketones is 1. The van der Waals surface area contributed by atoms with Crippen molar-refractivity contribution >= 4 is 50.1 Å². The topological polar surface area (TPSA) is 65.9 Å². The number of benzene rings is 2. The molecular formula is C21H13BrN2O2S. The molecule has 0 unspecified atom stereocenters. The zero-order valence-electron chi connectivity index (χ0n) is 14.2. The van der Waals surface area contributed by atoms with Gasteiger partial charge in [-0.15, -0.1) is 0 Å². The first kappa shape index (κ1) is 17.7. The highest BCUT2D eigenvalue weighted by molar-refractivity contribution is 9.10. The Bertz CT molecular complexity index is 1170. The fraction of sp³-hybridized carbons (Fsp3) is 0.0476. The van der Waals surface area contributed by atoms with E-state index in [0.717, 1.165) is 25.8 Å². The SMILES string of the molecule is CC1=C(c2ccccc2)O/C(=C(\C#N)C(=O)c2c[nH]c3ccc(Br)cc23)S1. The second-order valence-corrected chi connectivity index (χ2v) is 8.05. The second-order valence-electron chi connectivity index (χ2n) is 5.95. The summed E-state index contributed by atoms with van der Waals surface area (Å²) in [4.78, 5) is 17.1. The van der Waals surface area contributed by atoms with Crippen LogP contribution in [0.2, 0.25) is 0 Å². The van der Waals surface area contributed by atoms with Gasteiger partial charge in [0.1, 0.15) is 17.4 Å². The van der Waals surface area contributed by atoms with Crippen LogP contribution in [0.1, 0.15) is 22.8 Å². The Balaban J connectivity index is 1.73. The number of hydrogen-bond acceptors (Lipinski definition) is 4. The van der Waals surface area contributed by atoms with E-state index in [2.05, 4.69) is 20.9 Å². The quantitative estimate of drug-likeness (QED) is 0.310. The van der Waals surface area contributed by atoms with E-state index in [9.17, 15) is 10.1 Å². The minimum absolute atomic E-state index is 0.00570. The zero-order valence-corrected chi connectivity index (χ0v) is 16.6. The van der Waals surface area contributed by atoms with Crippen molar-refractivity contribution in [2.24, 2.45) is 0 Å². The van der Waals surface area contributed by atoms with Crippen molar-refractivity contribution in [3.8, 4) is 6.07 Å². The van der Waals surface area contributed by atoms with Crippen molar-refractivity contribution in [2.45, 2.75) is 6.92 Å². The molecule has 0 spiro atoms. The summed E-state index contributed by atoms with van der Waals surface area (Å²) in [7, 11) is 0. The standard InChI is InChI=1S/C21H13BrN2O2S/c1-12-20(13-5-3-2-4-6-13)26-21(27-12)16(10-23)19(25)17-11-24-18-8-7-14(22)9-15(17)18/h2-9,11,24H,1H3/b21-16-. The molecule has 2 heterocycles. The number of ether oxygens (including phenoxy) is 1. The number of nitrogens with zero attached hydrogens (tertiary/aromatic N) is 1. The van der Waals surface area contributed by atoms with E-state index in [1.807, 2.05) is 61.5 Å². The van der Waals surface area contributed by atoms with Gasteiger partial charge in [-0.2, -0.15) is 5.26 Å². The predicted octanol–water partition coefficient (Wildman–Crippen LogP) is 6.00. The molecule has 1 aliphatic heterocycles. The maximum absolute atomic E-state index is 13.1. The lowest BCUT2D eigenvalue weighted by atomic mass is 10.0. The molecule has 4 rings (SSSR count). The Kier molecular flexibility index (Phi) is 4.65. The average molecular weight is 437 g/mol. The lowest BCUT2D eigenvalue weighted by Crippen LogP contribution is -2.04. The van der Waals surface area contributed by atoms with Gasteiger partial charge >= 0.3 is 0 Å². The molecule has 0 radical (unpaired) electrons. The number of aromatic nitrogens is 1. The van der Waals surface area contributed by atoms with E-state index < -0.39 is 0 Å². The van der Waals surface area contributed by atoms with E-state index in [4.69, 9.17) is 4.74 Å². The van der Waals surface area contributed by atoms with Gasteiger partial charge in [0.15, 0.2) is 5.09 Å². The summed E-state index contributed by atoms with van der Waals surface area (Å²) >= 11 is 4.73. The summed E-state index contributed by atoms with van der Waals surface area (Å²) in [6.07, 6.45) is 1.63. The average Bonchev–Trinajstić information content (AvgIpc) is 3.26. The van der Waals surface area contributed by atoms with E-state index in [-0.39, 0.29) is 11.4 Å². The molecule has 0 atom stereocenters. The van der Waals surface area contributed by atoms with Crippen LogP contribution >= 0.6 is 27.7 Å². The lowest BCUT2D eigenvalue weighted by Gasteiger charge is -2.06. The predicted molar refractivity (Wildman–Crippen MR) is 111 cm³/mol. The number of rotatable bonds is 3. The third-order valence-electron chi connectivity index (χ3n) is 4.23. The summed E-state index contributed by atoms with van der Waals surface area (Å²) in [6.45, 7) is 1.92. The van der Waals surface area contributed by atoms with Crippen LogP contribution in [0.4, 0.5) is 0 Å². The van der Waals surface area contributed by atoms with Crippen LogP contribution in [-0.2, 0) is 4.74 Å². The van der Waals surface area contributed by atoms with E-state index in [1.54, 1.807) is 6.20 Å². The molecule has 4 nitrogen and oxygen atoms in total. The first-order valence-corrected chi connectivity index (χ1v) is 9.77. The van der Waals surface area contributed by atoms with Gasteiger partial charge in [-0.1, -0.05) is 58.0 Å². The summed E-state index contributed by atoms with van der Waals surface area (Å²) in [5.41, 5.74) is 2.21. The number of thioether (sulfide) groups is 1. The third kappa shape index (κ3) is 3.20. The van der Waals surface area contributed by atoms with Crippen LogP contribution in [0.3, 0.4) is 0 Å². The van der Waals surface area contributed by atoms with Crippen LogP contribution in [0, 0.1) is 11.3 Å². The van der Waals surface area contributed by atoms with E-state index in [1.165, 1.54) is 11.8 Å². The molecule has 1 aliphatic rings. The van der Waals surface area contributed by atoms with Crippen LogP contribution in [0.5, 0.6) is 0 Å². The van der Waals surface area contributed by atoms with Crippen molar-refractivity contribution < 1.29 is 9.53 Å². The fourth-order valence-corrected chi connectivity index (χ4v) is 4.19. The fourth-order valence-electron chi connectivity index (χ4n) is 2.93. The maximum Gasteiger partial charge on any atom is 0.210 e. The Labute approximate surface area is 168 Å². The molecule has 2 aromatic carbocycles. The number of nitrogens with one attached hydrogen (secondary N) is 1. The summed E-state index contributed by atoms with van der Waals surface area (Å²) in [5, 5.41) is 10.8. The molecule has 0 amide bonds. The van der Waals surface area contributed by atoms with E-state index in [0.29, 0.717) is 16.4 Å². The normalized spacial score (nSPS) is 15.6. The Morgan fingerprint density at radius 1 is 1.22 bits per heavy atom. The number of H-pyrrole nitrogens is 1. The van der Waals surface area contributed by atoms with Crippen molar-refractivity contribution in [1.82, 2.24) is 4.98 Å². The highest BCUT2D eigenvalue weighted by Crippen LogP contribution is 2.44. The molecule has 0 bridgehead atoms. The van der Waals surface area contributed by atoms with Crippen LogP contribution in [0.15, 0.2) is 74.8 Å². The van der Waals surface area contributed by atoms with Gasteiger partial charge in [-0.05, 0) is 25.1 Å². The molecule has 0 saturated carbocycles. The Morgan fingerprint density at radius 2 is 2.00 bits per heavy atom. The van der Waals surface area contributed by atoms with Gasteiger partial charge < -0.3 is 9.72 Å². The number of fused-ring (bicyclic) bond motifs is 1. The number of Topliss-reactive ketones (excluding diaryl/α,β-unsaturated/α-hetero) is 1. The third-order valence-corrected chi connectivity index (χ3v) is 5.69. The number of carbonyl (C=O) groups is 1. The van der Waals surface area contributed by atoms with Gasteiger partial charge in [0, 0.05) is 37.6 Å². The number of carbonyl (C=O) groups excluding carboxylic acids is 1. The molecule has 1 N–H and O–H groups in total. The Hall–Kier alpha value is -2.75. The molecule has 0 aliphatic carbocycles. The lowest BCUT2D eigenvalue weighted by molar-refractivity contribution is 0.103. The molecule has 27 heavy (non-hydrogen) atoms. The molecule has 6 heteroatoms. The van der Waals surface area contributed by atoms with Gasteiger partial charge in [-0.3, -0.25) is 4.79 Å². The van der Waals surface area contributed by atoms with Crippen molar-refractivity contribution in [2.75, 3.05) is 0 Å². The van der Waals surface area contributed by atoms with Gasteiger partial charge in [0.05, 0.1) is 0 Å². The molecule has 3 aromatic rings. The molecule has 1 aromatic heterocycles. The first-order chi connectivity index (χ1) is 13.1. The maximum atomic E-state index is 13.1. The van der Waals surface area contributed by atoms with Crippen molar-refractivity contribution in [1.29, 1.82) is 5.26 Å². The number of nitriles is 1. The van der Waals surface area contributed by atoms with Crippen LogP contribution < -0.4 is 0 Å². The largest absolute Gasteiger partial charge is 0.447 e. The monoisotopic (exact) mass is 436 g/mol. The number of allylic oxidation sites excluding steroid dienone is 2. The molecule has 132 valence electrons. The summed E-state index contributed by atoms with van der Waals surface area (Å²) < 4.78 is 6.79. The number of aromatic amines is 1. The van der Waals surface area contributed by atoms with Crippen molar-refractivity contribution in [3.63, 3.8) is 0 Å². The van der Waals surface area contributed by atoms with Crippen molar-refractivity contribution in [3.05, 3.63) is 85.9 Å². The minimum atomic E-state index is -0.355. The number of hydrogen-bond donors (Lipinski definition) is 1. The zero-order chi connectivity index (χ0) is 19.0. The first-order valence-electron chi connectivity index (χ1n) is 8.16. The van der Waals surface area contributed by atoms with Gasteiger partial charge in [0.25, 0.3) is 0 Å². The summed E-state index contributed by atoms with van der Waals surface area (Å²) in [5.74, 6) is 0.323. The smallest absolute Gasteiger partial charge is 0.210 e. The molecule has 0 saturated heterocycles. The number of halogens is 1. The van der Waals surface area contributed by atoms with Crippen LogP contribution in [0.25, 0.3) is 16.7 Å². The second kappa shape index (κ2) is 7.10. The molecule has 0 fully saturated rings. The van der Waals surface area contributed by atoms with Gasteiger partial charge in [-0.25, -0.2) is 0 Å². The highest BCUT2D eigenvalue weighted by atomic mass is 79.9. The summed E-state index contributed by atoms with van der Waals surface area (Å²) in [6, 6.07) is 17.3. The highest BCUT2D eigenvalue weighted by Gasteiger charge is 2.28.